The molecule has 0 amide bonds. The minimum atomic E-state index is -0.239. The van der Waals surface area contributed by atoms with E-state index in [4.69, 9.17) is 19.4 Å². The van der Waals surface area contributed by atoms with Crippen LogP contribution in [-0.2, 0) is 21.6 Å². The molecular weight excluding hydrogens is 254 g/mol. The maximum Gasteiger partial charge on any atom is 0.160 e. The molecule has 0 radical (unpaired) electrons. The van der Waals surface area contributed by atoms with E-state index in [1.807, 2.05) is 13.8 Å². The molecule has 1 saturated carbocycles. The van der Waals surface area contributed by atoms with Crippen LogP contribution in [-0.4, -0.2) is 37.3 Å². The summed E-state index contributed by atoms with van der Waals surface area (Å²) < 4.78 is 10.7. The van der Waals surface area contributed by atoms with Crippen LogP contribution in [0.3, 0.4) is 0 Å². The van der Waals surface area contributed by atoms with Crippen molar-refractivity contribution >= 4 is 0 Å². The molecule has 0 unspecified atom stereocenters. The Morgan fingerprint density at radius 1 is 1.15 bits per heavy atom. The number of methoxy groups -OCH3 is 2. The van der Waals surface area contributed by atoms with Gasteiger partial charge in [0.1, 0.15) is 5.60 Å². The smallest absolute Gasteiger partial charge is 0.160 e. The van der Waals surface area contributed by atoms with E-state index >= 15 is 0 Å². The number of nitrogens with zero attached hydrogens (tertiary/aromatic N) is 2. The van der Waals surface area contributed by atoms with E-state index in [0.29, 0.717) is 6.61 Å². The predicted octanol–water partition coefficient (Wildman–Crippen LogP) is 1.86. The molecule has 1 aromatic rings. The van der Waals surface area contributed by atoms with Gasteiger partial charge in [-0.3, -0.25) is 0 Å². The quantitative estimate of drug-likeness (QED) is 0.772. The van der Waals surface area contributed by atoms with Crippen LogP contribution in [0.2, 0.25) is 0 Å². The van der Waals surface area contributed by atoms with Crippen molar-refractivity contribution in [2.24, 2.45) is 0 Å². The van der Waals surface area contributed by atoms with Crippen LogP contribution in [0, 0.1) is 13.8 Å². The van der Waals surface area contributed by atoms with Crippen molar-refractivity contribution in [1.29, 1.82) is 0 Å². The van der Waals surface area contributed by atoms with Gasteiger partial charge in [-0.25, -0.2) is 9.97 Å². The Balaban J connectivity index is 2.12. The van der Waals surface area contributed by atoms with Gasteiger partial charge in [-0.05, 0) is 33.1 Å². The Morgan fingerprint density at radius 2 is 1.80 bits per heavy atom. The highest BCUT2D eigenvalue weighted by atomic mass is 16.5. The van der Waals surface area contributed by atoms with Gasteiger partial charge >= 0.3 is 0 Å². The van der Waals surface area contributed by atoms with Crippen molar-refractivity contribution in [2.45, 2.75) is 45.3 Å². The first-order valence-corrected chi connectivity index (χ1v) is 7.22. The van der Waals surface area contributed by atoms with Crippen LogP contribution >= 0.6 is 0 Å². The lowest BCUT2D eigenvalue weighted by Crippen LogP contribution is -2.38. The van der Waals surface area contributed by atoms with E-state index in [1.54, 1.807) is 14.2 Å². The van der Waals surface area contributed by atoms with Gasteiger partial charge in [0, 0.05) is 44.3 Å². The first-order valence-electron chi connectivity index (χ1n) is 7.22. The van der Waals surface area contributed by atoms with Gasteiger partial charge in [-0.15, -0.1) is 0 Å². The topological polar surface area (TPSA) is 56.3 Å². The molecular formula is C15H25N3O2. The maximum absolute atomic E-state index is 5.67. The fourth-order valence-electron chi connectivity index (χ4n) is 2.60. The molecule has 1 aliphatic carbocycles. The minimum absolute atomic E-state index is 0.239. The summed E-state index contributed by atoms with van der Waals surface area (Å²) in [6.07, 6.45) is 3.23. The lowest BCUT2D eigenvalue weighted by atomic mass is 9.79. The van der Waals surface area contributed by atoms with E-state index in [2.05, 4.69) is 5.32 Å². The second kappa shape index (κ2) is 6.61. The zero-order valence-corrected chi connectivity index (χ0v) is 13.0. The van der Waals surface area contributed by atoms with E-state index < -0.39 is 0 Å². The minimum Gasteiger partial charge on any atom is -0.383 e. The van der Waals surface area contributed by atoms with Crippen LogP contribution in [0.1, 0.15) is 42.0 Å². The highest BCUT2D eigenvalue weighted by molar-refractivity contribution is 5.26. The molecule has 0 saturated heterocycles. The summed E-state index contributed by atoms with van der Waals surface area (Å²) in [6.45, 7) is 6.42. The molecule has 0 bridgehead atoms. The Hall–Kier alpha value is -1.04. The van der Waals surface area contributed by atoms with Gasteiger partial charge in [0.15, 0.2) is 5.82 Å². The molecule has 5 heteroatoms. The third kappa shape index (κ3) is 3.00. The number of hydrogen-bond donors (Lipinski definition) is 1. The van der Waals surface area contributed by atoms with Crippen LogP contribution in [0.25, 0.3) is 0 Å². The van der Waals surface area contributed by atoms with E-state index in [9.17, 15) is 0 Å². The molecule has 1 N–H and O–H groups in total. The molecule has 0 atom stereocenters. The lowest BCUT2D eigenvalue weighted by Gasteiger charge is -2.39. The summed E-state index contributed by atoms with van der Waals surface area (Å²) >= 11 is 0. The summed E-state index contributed by atoms with van der Waals surface area (Å²) in [5, 5.41) is 3.35. The van der Waals surface area contributed by atoms with Gasteiger partial charge in [0.05, 0.1) is 6.61 Å². The fraction of sp³-hybridized carbons (Fsp3) is 0.733. The van der Waals surface area contributed by atoms with Crippen molar-refractivity contribution in [3.8, 4) is 0 Å². The number of ether oxygens (including phenoxy) is 2. The summed E-state index contributed by atoms with van der Waals surface area (Å²) in [5.41, 5.74) is 3.02. The standard InChI is InChI=1S/C15H25N3O2/c1-11-13(10-16-8-9-19-3)12(2)18-14(17-11)15(20-4)6-5-7-15/h16H,5-10H2,1-4H3. The summed E-state index contributed by atoms with van der Waals surface area (Å²) in [4.78, 5) is 9.38. The van der Waals surface area contributed by atoms with Gasteiger partial charge in [0.2, 0.25) is 0 Å². The number of rotatable bonds is 7. The third-order valence-corrected chi connectivity index (χ3v) is 4.16. The van der Waals surface area contributed by atoms with Gasteiger partial charge in [-0.2, -0.15) is 0 Å². The molecule has 20 heavy (non-hydrogen) atoms. The van der Waals surface area contributed by atoms with Crippen molar-refractivity contribution < 1.29 is 9.47 Å². The SMILES string of the molecule is COCCNCc1c(C)nc(C2(OC)CCC2)nc1C. The molecule has 0 aromatic carbocycles. The Labute approximate surface area is 121 Å². The monoisotopic (exact) mass is 279 g/mol. The largest absolute Gasteiger partial charge is 0.383 e. The molecule has 5 nitrogen and oxygen atoms in total. The van der Waals surface area contributed by atoms with Crippen LogP contribution in [0.4, 0.5) is 0 Å². The third-order valence-electron chi connectivity index (χ3n) is 4.16. The fourth-order valence-corrected chi connectivity index (χ4v) is 2.60. The normalized spacial score (nSPS) is 17.0. The van der Waals surface area contributed by atoms with Gasteiger partial charge < -0.3 is 14.8 Å². The van der Waals surface area contributed by atoms with E-state index in [0.717, 1.165) is 43.1 Å². The first kappa shape index (κ1) is 15.4. The van der Waals surface area contributed by atoms with Gasteiger partial charge in [-0.1, -0.05) is 0 Å². The number of aromatic nitrogens is 2. The first-order chi connectivity index (χ1) is 9.63. The zero-order valence-electron chi connectivity index (χ0n) is 13.0. The zero-order chi connectivity index (χ0) is 14.6. The number of nitrogens with one attached hydrogen (secondary N) is 1. The molecule has 112 valence electrons. The average molecular weight is 279 g/mol. The highest BCUT2D eigenvalue weighted by Gasteiger charge is 2.42. The molecule has 1 fully saturated rings. The summed E-state index contributed by atoms with van der Waals surface area (Å²) in [6, 6.07) is 0. The van der Waals surface area contributed by atoms with Crippen LogP contribution < -0.4 is 5.32 Å². The average Bonchev–Trinajstić information content (AvgIpc) is 2.36. The number of hydrogen-bond acceptors (Lipinski definition) is 5. The maximum atomic E-state index is 5.67. The molecule has 0 spiro atoms. The summed E-state index contributed by atoms with van der Waals surface area (Å²) in [5.74, 6) is 0.849. The molecule has 1 aromatic heterocycles. The van der Waals surface area contributed by atoms with Crippen molar-refractivity contribution in [3.05, 3.63) is 22.8 Å². The Kier molecular flexibility index (Phi) is 5.07. The van der Waals surface area contributed by atoms with Crippen molar-refractivity contribution in [2.75, 3.05) is 27.4 Å². The Morgan fingerprint density at radius 3 is 2.25 bits per heavy atom. The van der Waals surface area contributed by atoms with E-state index in [1.165, 1.54) is 12.0 Å². The van der Waals surface area contributed by atoms with E-state index in [-0.39, 0.29) is 5.60 Å². The summed E-state index contributed by atoms with van der Waals surface area (Å²) in [7, 11) is 3.46. The second-order valence-corrected chi connectivity index (χ2v) is 5.42. The number of aryl methyl sites for hydroxylation is 2. The molecule has 0 aliphatic heterocycles. The van der Waals surface area contributed by atoms with Crippen LogP contribution in [0.5, 0.6) is 0 Å². The molecule has 1 aliphatic rings. The van der Waals surface area contributed by atoms with Crippen LogP contribution in [0.15, 0.2) is 0 Å². The van der Waals surface area contributed by atoms with Crippen molar-refractivity contribution in [1.82, 2.24) is 15.3 Å². The van der Waals surface area contributed by atoms with Gasteiger partial charge in [0.25, 0.3) is 0 Å². The molecule has 2 rings (SSSR count). The predicted molar refractivity (Wildman–Crippen MR) is 77.6 cm³/mol. The second-order valence-electron chi connectivity index (χ2n) is 5.42. The molecule has 1 heterocycles. The Bertz CT molecular complexity index is 430. The van der Waals surface area contributed by atoms with Crippen molar-refractivity contribution in [3.63, 3.8) is 0 Å². The lowest BCUT2D eigenvalue weighted by molar-refractivity contribution is -0.0849. The highest BCUT2D eigenvalue weighted by Crippen LogP contribution is 2.42.